The smallest absolute Gasteiger partial charge is 0.281 e. The van der Waals surface area contributed by atoms with Crippen molar-refractivity contribution in [3.05, 3.63) is 86.5 Å². The van der Waals surface area contributed by atoms with E-state index in [2.05, 4.69) is 62.1 Å². The van der Waals surface area contributed by atoms with E-state index >= 15 is 0 Å². The topological polar surface area (TPSA) is 64.1 Å². The van der Waals surface area contributed by atoms with Crippen LogP contribution in [0.15, 0.2) is 59.4 Å². The molecule has 5 rings (SSSR count). The maximum atomic E-state index is 13.2. The van der Waals surface area contributed by atoms with Crippen molar-refractivity contribution >= 4 is 21.6 Å². The van der Waals surface area contributed by atoms with E-state index < -0.39 is 0 Å². The van der Waals surface area contributed by atoms with Crippen LogP contribution in [0, 0.1) is 0 Å². The number of benzene rings is 2. The standard InChI is InChI=1S/C26H28N4OS/c1-26(2,3)19-11-9-18(10-12-19)23-28-24-22(25(31)30(23)27)20-13-14-29(16-21(20)32-24)15-17-7-5-4-6-8-17/h4-12H,13-16,27H2,1-3H3. The van der Waals surface area contributed by atoms with E-state index in [1.165, 1.54) is 20.7 Å². The average Bonchev–Trinajstić information content (AvgIpc) is 3.14. The number of hydrogen-bond acceptors (Lipinski definition) is 5. The van der Waals surface area contributed by atoms with Gasteiger partial charge < -0.3 is 5.84 Å². The number of rotatable bonds is 3. The number of nitrogen functional groups attached to an aromatic ring is 1. The Hall–Kier alpha value is -2.96. The predicted octanol–water partition coefficient (Wildman–Crippen LogP) is 4.69. The molecule has 0 fully saturated rings. The first-order chi connectivity index (χ1) is 15.3. The lowest BCUT2D eigenvalue weighted by Crippen LogP contribution is -2.32. The van der Waals surface area contributed by atoms with Gasteiger partial charge >= 0.3 is 0 Å². The summed E-state index contributed by atoms with van der Waals surface area (Å²) in [6, 6.07) is 18.7. The highest BCUT2D eigenvalue weighted by atomic mass is 32.1. The second kappa shape index (κ2) is 7.87. The maximum absolute atomic E-state index is 13.2. The summed E-state index contributed by atoms with van der Waals surface area (Å²) in [7, 11) is 0. The molecule has 1 aliphatic heterocycles. The third-order valence-corrected chi connectivity index (χ3v) is 7.35. The third kappa shape index (κ3) is 3.74. The molecule has 0 bridgehead atoms. The molecule has 0 aliphatic carbocycles. The van der Waals surface area contributed by atoms with Crippen LogP contribution in [0.1, 0.15) is 42.3 Å². The summed E-state index contributed by atoms with van der Waals surface area (Å²) < 4.78 is 1.22. The molecule has 0 spiro atoms. The van der Waals surface area contributed by atoms with Crippen molar-refractivity contribution in [2.24, 2.45) is 0 Å². The molecule has 6 heteroatoms. The Bertz CT molecular complexity index is 1330. The van der Waals surface area contributed by atoms with Crippen molar-refractivity contribution in [3.63, 3.8) is 0 Å². The van der Waals surface area contributed by atoms with Gasteiger partial charge in [-0.3, -0.25) is 9.69 Å². The molecule has 2 aromatic heterocycles. The molecular weight excluding hydrogens is 416 g/mol. The minimum absolute atomic E-state index is 0.0662. The van der Waals surface area contributed by atoms with Gasteiger partial charge in [-0.05, 0) is 28.5 Å². The van der Waals surface area contributed by atoms with Gasteiger partial charge in [-0.25, -0.2) is 9.66 Å². The SMILES string of the molecule is CC(C)(C)c1ccc(-c2nc3sc4c(c3c(=O)n2N)CCN(Cc2ccccc2)C4)cc1. The molecule has 0 radical (unpaired) electrons. The average molecular weight is 445 g/mol. The minimum atomic E-state index is -0.154. The van der Waals surface area contributed by atoms with Crippen LogP contribution in [-0.4, -0.2) is 21.1 Å². The molecule has 0 amide bonds. The van der Waals surface area contributed by atoms with Crippen LogP contribution in [0.4, 0.5) is 0 Å². The summed E-state index contributed by atoms with van der Waals surface area (Å²) in [5, 5.41) is 0.696. The van der Waals surface area contributed by atoms with Gasteiger partial charge in [0.25, 0.3) is 5.56 Å². The Morgan fingerprint density at radius 2 is 1.78 bits per heavy atom. The molecule has 4 aromatic rings. The lowest BCUT2D eigenvalue weighted by atomic mass is 9.87. The molecule has 164 valence electrons. The van der Waals surface area contributed by atoms with Gasteiger partial charge in [0.1, 0.15) is 4.83 Å². The zero-order valence-corrected chi connectivity index (χ0v) is 19.6. The minimum Gasteiger partial charge on any atom is -0.334 e. The Labute approximate surface area is 192 Å². The predicted molar refractivity (Wildman–Crippen MR) is 132 cm³/mol. The zero-order chi connectivity index (χ0) is 22.5. The van der Waals surface area contributed by atoms with Crippen LogP contribution in [0.3, 0.4) is 0 Å². The van der Waals surface area contributed by atoms with Crippen LogP contribution < -0.4 is 11.4 Å². The van der Waals surface area contributed by atoms with Crippen molar-refractivity contribution in [2.45, 2.75) is 45.7 Å². The van der Waals surface area contributed by atoms with Gasteiger partial charge in [-0.15, -0.1) is 11.3 Å². The fourth-order valence-electron chi connectivity index (χ4n) is 4.41. The molecule has 2 N–H and O–H groups in total. The van der Waals surface area contributed by atoms with E-state index in [4.69, 9.17) is 10.8 Å². The van der Waals surface area contributed by atoms with E-state index in [0.717, 1.165) is 42.0 Å². The van der Waals surface area contributed by atoms with Gasteiger partial charge in [0.2, 0.25) is 0 Å². The maximum Gasteiger partial charge on any atom is 0.281 e. The molecule has 0 saturated carbocycles. The van der Waals surface area contributed by atoms with Gasteiger partial charge in [0, 0.05) is 30.1 Å². The number of thiophene rings is 1. The van der Waals surface area contributed by atoms with E-state index in [9.17, 15) is 4.79 Å². The van der Waals surface area contributed by atoms with Crippen molar-refractivity contribution in [1.29, 1.82) is 0 Å². The normalized spacial score (nSPS) is 14.6. The van der Waals surface area contributed by atoms with E-state index in [-0.39, 0.29) is 11.0 Å². The fraction of sp³-hybridized carbons (Fsp3) is 0.308. The quantitative estimate of drug-likeness (QED) is 0.466. The van der Waals surface area contributed by atoms with Crippen LogP contribution in [-0.2, 0) is 24.9 Å². The van der Waals surface area contributed by atoms with E-state index in [1.807, 2.05) is 18.2 Å². The van der Waals surface area contributed by atoms with E-state index in [0.29, 0.717) is 11.2 Å². The lowest BCUT2D eigenvalue weighted by Gasteiger charge is -2.26. The van der Waals surface area contributed by atoms with Crippen LogP contribution in [0.2, 0.25) is 0 Å². The number of nitrogens with zero attached hydrogens (tertiary/aromatic N) is 3. The van der Waals surface area contributed by atoms with Crippen molar-refractivity contribution in [2.75, 3.05) is 12.4 Å². The van der Waals surface area contributed by atoms with Crippen molar-refractivity contribution in [1.82, 2.24) is 14.6 Å². The van der Waals surface area contributed by atoms with Gasteiger partial charge in [-0.2, -0.15) is 0 Å². The summed E-state index contributed by atoms with van der Waals surface area (Å²) in [5.74, 6) is 6.78. The Balaban J connectivity index is 1.50. The highest BCUT2D eigenvalue weighted by Crippen LogP contribution is 2.34. The second-order valence-corrected chi connectivity index (χ2v) is 10.7. The van der Waals surface area contributed by atoms with Gasteiger partial charge in [0.15, 0.2) is 5.82 Å². The molecule has 0 unspecified atom stereocenters. The molecule has 5 nitrogen and oxygen atoms in total. The van der Waals surface area contributed by atoms with Crippen molar-refractivity contribution < 1.29 is 0 Å². The summed E-state index contributed by atoms with van der Waals surface area (Å²) in [4.78, 5) is 22.5. The fourth-order valence-corrected chi connectivity index (χ4v) is 5.66. The van der Waals surface area contributed by atoms with Crippen molar-refractivity contribution in [3.8, 4) is 11.4 Å². The third-order valence-electron chi connectivity index (χ3n) is 6.24. The lowest BCUT2D eigenvalue weighted by molar-refractivity contribution is 0.249. The van der Waals surface area contributed by atoms with Crippen LogP contribution >= 0.6 is 11.3 Å². The Kier molecular flexibility index (Phi) is 5.14. The molecule has 0 atom stereocenters. The van der Waals surface area contributed by atoms with Crippen LogP contribution in [0.25, 0.3) is 21.6 Å². The summed E-state index contributed by atoms with van der Waals surface area (Å²) in [5.41, 5.74) is 4.44. The second-order valence-electron chi connectivity index (χ2n) is 9.57. The van der Waals surface area contributed by atoms with Gasteiger partial charge in [-0.1, -0.05) is 75.4 Å². The summed E-state index contributed by atoms with van der Waals surface area (Å²) >= 11 is 1.63. The molecule has 0 saturated heterocycles. The molecule has 1 aliphatic rings. The monoisotopic (exact) mass is 444 g/mol. The summed E-state index contributed by atoms with van der Waals surface area (Å²) in [6.45, 7) is 9.22. The molecular formula is C26H28N4OS. The highest BCUT2D eigenvalue weighted by molar-refractivity contribution is 7.18. The first-order valence-corrected chi connectivity index (χ1v) is 11.8. The number of nitrogens with two attached hydrogens (primary N) is 1. The Morgan fingerprint density at radius 3 is 2.47 bits per heavy atom. The Morgan fingerprint density at radius 1 is 1.06 bits per heavy atom. The number of hydrogen-bond donors (Lipinski definition) is 1. The summed E-state index contributed by atoms with van der Waals surface area (Å²) in [6.07, 6.45) is 0.846. The highest BCUT2D eigenvalue weighted by Gasteiger charge is 2.25. The number of aromatic nitrogens is 2. The number of fused-ring (bicyclic) bond motifs is 3. The first kappa shape index (κ1) is 20.9. The largest absolute Gasteiger partial charge is 0.334 e. The van der Waals surface area contributed by atoms with E-state index in [1.54, 1.807) is 11.3 Å². The van der Waals surface area contributed by atoms with Gasteiger partial charge in [0.05, 0.1) is 5.39 Å². The first-order valence-electron chi connectivity index (χ1n) is 11.0. The molecule has 3 heterocycles. The zero-order valence-electron chi connectivity index (χ0n) is 18.8. The molecule has 32 heavy (non-hydrogen) atoms. The molecule has 2 aromatic carbocycles. The van der Waals surface area contributed by atoms with Crippen LogP contribution in [0.5, 0.6) is 0 Å².